The first-order valence-corrected chi connectivity index (χ1v) is 6.35. The fourth-order valence-electron chi connectivity index (χ4n) is 1.72. The van der Waals surface area contributed by atoms with Crippen LogP contribution in [0.2, 0.25) is 0 Å². The van der Waals surface area contributed by atoms with Gasteiger partial charge in [-0.05, 0) is 35.2 Å². The molecule has 2 heterocycles. The number of hydrogen-bond acceptors (Lipinski definition) is 3. The number of aromatic nitrogens is 2. The Morgan fingerprint density at radius 3 is 2.73 bits per heavy atom. The SMILES string of the molecule is ClC1CCCN(c2ncc(Br)cn2)CC1. The van der Waals surface area contributed by atoms with Crippen molar-refractivity contribution in [3.05, 3.63) is 16.9 Å². The average molecular weight is 291 g/mol. The molecule has 1 fully saturated rings. The molecule has 0 aromatic carbocycles. The minimum atomic E-state index is 0.311. The molecule has 82 valence electrons. The first kappa shape index (κ1) is 11.1. The summed E-state index contributed by atoms with van der Waals surface area (Å²) in [6.07, 6.45) is 6.79. The highest BCUT2D eigenvalue weighted by Gasteiger charge is 2.16. The third-order valence-electron chi connectivity index (χ3n) is 2.55. The lowest BCUT2D eigenvalue weighted by Crippen LogP contribution is -2.26. The summed E-state index contributed by atoms with van der Waals surface area (Å²) in [4.78, 5) is 10.8. The largest absolute Gasteiger partial charge is 0.341 e. The van der Waals surface area contributed by atoms with Gasteiger partial charge in [-0.2, -0.15) is 0 Å². The minimum Gasteiger partial charge on any atom is -0.341 e. The van der Waals surface area contributed by atoms with Crippen molar-refractivity contribution in [2.24, 2.45) is 0 Å². The molecule has 0 spiro atoms. The van der Waals surface area contributed by atoms with Crippen LogP contribution in [0.3, 0.4) is 0 Å². The quantitative estimate of drug-likeness (QED) is 0.745. The predicted molar refractivity (Wildman–Crippen MR) is 65.4 cm³/mol. The van der Waals surface area contributed by atoms with Crippen molar-refractivity contribution in [3.63, 3.8) is 0 Å². The van der Waals surface area contributed by atoms with E-state index >= 15 is 0 Å². The lowest BCUT2D eigenvalue weighted by atomic mass is 10.2. The van der Waals surface area contributed by atoms with Crippen molar-refractivity contribution in [1.82, 2.24) is 9.97 Å². The van der Waals surface area contributed by atoms with Crippen LogP contribution in [0.1, 0.15) is 19.3 Å². The molecule has 0 saturated carbocycles. The smallest absolute Gasteiger partial charge is 0.225 e. The fraction of sp³-hybridized carbons (Fsp3) is 0.600. The van der Waals surface area contributed by atoms with E-state index in [-0.39, 0.29) is 0 Å². The summed E-state index contributed by atoms with van der Waals surface area (Å²) < 4.78 is 0.913. The molecule has 1 aliphatic heterocycles. The van der Waals surface area contributed by atoms with Gasteiger partial charge in [-0.3, -0.25) is 0 Å². The van der Waals surface area contributed by atoms with Crippen LogP contribution in [0.25, 0.3) is 0 Å². The second-order valence-electron chi connectivity index (χ2n) is 3.72. The molecule has 1 unspecified atom stereocenters. The van der Waals surface area contributed by atoms with E-state index < -0.39 is 0 Å². The van der Waals surface area contributed by atoms with E-state index in [0.717, 1.165) is 42.8 Å². The highest BCUT2D eigenvalue weighted by atomic mass is 79.9. The van der Waals surface area contributed by atoms with E-state index in [1.165, 1.54) is 0 Å². The van der Waals surface area contributed by atoms with Crippen molar-refractivity contribution in [2.45, 2.75) is 24.6 Å². The highest BCUT2D eigenvalue weighted by molar-refractivity contribution is 9.10. The van der Waals surface area contributed by atoms with Crippen LogP contribution in [0.4, 0.5) is 5.95 Å². The fourth-order valence-corrected chi connectivity index (χ4v) is 2.18. The zero-order chi connectivity index (χ0) is 10.7. The molecular weight excluding hydrogens is 277 g/mol. The zero-order valence-electron chi connectivity index (χ0n) is 8.37. The molecule has 5 heteroatoms. The van der Waals surface area contributed by atoms with Gasteiger partial charge in [0.15, 0.2) is 0 Å². The Balaban J connectivity index is 2.06. The second-order valence-corrected chi connectivity index (χ2v) is 5.25. The van der Waals surface area contributed by atoms with Crippen molar-refractivity contribution in [1.29, 1.82) is 0 Å². The number of rotatable bonds is 1. The molecule has 1 saturated heterocycles. The zero-order valence-corrected chi connectivity index (χ0v) is 10.7. The molecule has 0 radical (unpaired) electrons. The van der Waals surface area contributed by atoms with Gasteiger partial charge >= 0.3 is 0 Å². The lowest BCUT2D eigenvalue weighted by molar-refractivity contribution is 0.735. The Hall–Kier alpha value is -0.350. The normalized spacial score (nSPS) is 22.5. The minimum absolute atomic E-state index is 0.311. The Kier molecular flexibility index (Phi) is 3.81. The van der Waals surface area contributed by atoms with Gasteiger partial charge in [-0.15, -0.1) is 11.6 Å². The van der Waals surface area contributed by atoms with Crippen LogP contribution in [0.15, 0.2) is 16.9 Å². The molecule has 0 aliphatic carbocycles. The monoisotopic (exact) mass is 289 g/mol. The van der Waals surface area contributed by atoms with Crippen LogP contribution < -0.4 is 4.90 Å². The van der Waals surface area contributed by atoms with Gasteiger partial charge in [-0.25, -0.2) is 9.97 Å². The number of halogens is 2. The molecule has 0 bridgehead atoms. The van der Waals surface area contributed by atoms with Gasteiger partial charge in [0, 0.05) is 30.9 Å². The summed E-state index contributed by atoms with van der Waals surface area (Å²) in [5.41, 5.74) is 0. The second kappa shape index (κ2) is 5.12. The molecule has 15 heavy (non-hydrogen) atoms. The number of anilines is 1. The third-order valence-corrected chi connectivity index (χ3v) is 3.39. The van der Waals surface area contributed by atoms with Crippen molar-refractivity contribution in [2.75, 3.05) is 18.0 Å². The van der Waals surface area contributed by atoms with E-state index in [1.54, 1.807) is 12.4 Å². The summed E-state index contributed by atoms with van der Waals surface area (Å²) in [7, 11) is 0. The summed E-state index contributed by atoms with van der Waals surface area (Å²) >= 11 is 9.45. The molecular formula is C10H13BrClN3. The summed E-state index contributed by atoms with van der Waals surface area (Å²) in [5, 5.41) is 0.311. The van der Waals surface area contributed by atoms with Crippen LogP contribution in [0, 0.1) is 0 Å². The maximum Gasteiger partial charge on any atom is 0.225 e. The molecule has 0 N–H and O–H groups in total. The number of hydrogen-bond donors (Lipinski definition) is 0. The van der Waals surface area contributed by atoms with E-state index in [2.05, 4.69) is 30.8 Å². The van der Waals surface area contributed by atoms with Crippen LogP contribution in [-0.2, 0) is 0 Å². The summed E-state index contributed by atoms with van der Waals surface area (Å²) in [5.74, 6) is 0.809. The van der Waals surface area contributed by atoms with Gasteiger partial charge in [0.05, 0.1) is 4.47 Å². The molecule has 2 rings (SSSR count). The van der Waals surface area contributed by atoms with Gasteiger partial charge in [0.25, 0.3) is 0 Å². The van der Waals surface area contributed by atoms with E-state index in [9.17, 15) is 0 Å². The molecule has 1 aromatic rings. The first-order valence-electron chi connectivity index (χ1n) is 5.12. The first-order chi connectivity index (χ1) is 7.25. The van der Waals surface area contributed by atoms with Gasteiger partial charge in [-0.1, -0.05) is 0 Å². The topological polar surface area (TPSA) is 29.0 Å². The van der Waals surface area contributed by atoms with Crippen LogP contribution in [0.5, 0.6) is 0 Å². The van der Waals surface area contributed by atoms with Crippen LogP contribution in [-0.4, -0.2) is 28.4 Å². The van der Waals surface area contributed by atoms with Gasteiger partial charge in [0.2, 0.25) is 5.95 Å². The average Bonchev–Trinajstić information content (AvgIpc) is 2.44. The highest BCUT2D eigenvalue weighted by Crippen LogP contribution is 2.19. The molecule has 3 nitrogen and oxygen atoms in total. The Morgan fingerprint density at radius 1 is 1.27 bits per heavy atom. The summed E-state index contributed by atoms with van der Waals surface area (Å²) in [6.45, 7) is 1.96. The Bertz CT molecular complexity index is 317. The van der Waals surface area contributed by atoms with E-state index in [0.29, 0.717) is 5.38 Å². The Morgan fingerprint density at radius 2 is 2.00 bits per heavy atom. The van der Waals surface area contributed by atoms with Gasteiger partial charge in [0.1, 0.15) is 0 Å². The maximum absolute atomic E-state index is 6.12. The number of nitrogens with zero attached hydrogens (tertiary/aromatic N) is 3. The molecule has 1 atom stereocenters. The van der Waals surface area contributed by atoms with E-state index in [1.807, 2.05) is 0 Å². The number of alkyl halides is 1. The summed E-state index contributed by atoms with van der Waals surface area (Å²) in [6, 6.07) is 0. The third kappa shape index (κ3) is 3.05. The lowest BCUT2D eigenvalue weighted by Gasteiger charge is -2.19. The standard InChI is InChI=1S/C10H13BrClN3/c11-8-6-13-10(14-7-8)15-4-1-2-9(12)3-5-15/h6-7,9H,1-5H2. The van der Waals surface area contributed by atoms with Crippen molar-refractivity contribution < 1.29 is 0 Å². The predicted octanol–water partition coefficient (Wildman–Crippen LogP) is 2.84. The van der Waals surface area contributed by atoms with Gasteiger partial charge < -0.3 is 4.90 Å². The Labute approximate surface area is 103 Å². The molecule has 0 amide bonds. The van der Waals surface area contributed by atoms with Crippen molar-refractivity contribution >= 4 is 33.5 Å². The maximum atomic E-state index is 6.12. The molecule has 1 aliphatic rings. The van der Waals surface area contributed by atoms with Crippen LogP contribution >= 0.6 is 27.5 Å². The molecule has 1 aromatic heterocycles. The van der Waals surface area contributed by atoms with Crippen molar-refractivity contribution in [3.8, 4) is 0 Å². The van der Waals surface area contributed by atoms with E-state index in [4.69, 9.17) is 11.6 Å².